The van der Waals surface area contributed by atoms with E-state index in [0.29, 0.717) is 5.92 Å². The second-order valence-electron chi connectivity index (χ2n) is 7.38. The highest BCUT2D eigenvalue weighted by Gasteiger charge is 2.22. The van der Waals surface area contributed by atoms with Crippen molar-refractivity contribution in [2.24, 2.45) is 7.05 Å². The van der Waals surface area contributed by atoms with Crippen molar-refractivity contribution in [2.45, 2.75) is 32.2 Å². The standard InChI is InChI=1S/C21H24ClN3O/c1-14-18-12-17(22)3-4-19(18)23-20(14)13-25-9-6-15(7-10-25)16-5-8-24(2)21(26)11-16/h3-5,8,11-12,15,23H,6-7,9-10,13H2,1-2H3. The Labute approximate surface area is 158 Å². The van der Waals surface area contributed by atoms with Gasteiger partial charge in [0.2, 0.25) is 0 Å². The molecule has 4 rings (SSSR count). The number of aromatic nitrogens is 2. The molecule has 1 aromatic carbocycles. The fourth-order valence-electron chi connectivity index (χ4n) is 3.98. The molecule has 2 aromatic heterocycles. The van der Waals surface area contributed by atoms with E-state index in [0.717, 1.165) is 43.0 Å². The van der Waals surface area contributed by atoms with E-state index in [1.54, 1.807) is 17.7 Å². The number of hydrogen-bond acceptors (Lipinski definition) is 2. The van der Waals surface area contributed by atoms with Gasteiger partial charge in [-0.25, -0.2) is 0 Å². The van der Waals surface area contributed by atoms with Crippen molar-refractivity contribution in [3.05, 3.63) is 68.7 Å². The van der Waals surface area contributed by atoms with Crippen LogP contribution < -0.4 is 5.56 Å². The molecule has 5 heteroatoms. The number of H-pyrrole nitrogens is 1. The zero-order valence-corrected chi connectivity index (χ0v) is 16.0. The highest BCUT2D eigenvalue weighted by molar-refractivity contribution is 6.31. The maximum atomic E-state index is 11.9. The van der Waals surface area contributed by atoms with E-state index in [-0.39, 0.29) is 5.56 Å². The summed E-state index contributed by atoms with van der Waals surface area (Å²) in [5, 5.41) is 1.99. The van der Waals surface area contributed by atoms with Crippen molar-refractivity contribution in [3.8, 4) is 0 Å². The highest BCUT2D eigenvalue weighted by Crippen LogP contribution is 2.30. The van der Waals surface area contributed by atoms with Gasteiger partial charge in [-0.15, -0.1) is 0 Å². The Bertz CT molecular complexity index is 996. The second-order valence-corrected chi connectivity index (χ2v) is 7.81. The van der Waals surface area contributed by atoms with Crippen LogP contribution in [0.4, 0.5) is 0 Å². The van der Waals surface area contributed by atoms with Crippen LogP contribution in [0, 0.1) is 6.92 Å². The van der Waals surface area contributed by atoms with Crippen molar-refractivity contribution in [1.82, 2.24) is 14.5 Å². The summed E-state index contributed by atoms with van der Waals surface area (Å²) >= 11 is 6.14. The number of rotatable bonds is 3. The van der Waals surface area contributed by atoms with Gasteiger partial charge in [-0.2, -0.15) is 0 Å². The Morgan fingerprint density at radius 2 is 1.96 bits per heavy atom. The number of hydrogen-bond donors (Lipinski definition) is 1. The quantitative estimate of drug-likeness (QED) is 0.751. The lowest BCUT2D eigenvalue weighted by atomic mass is 9.90. The highest BCUT2D eigenvalue weighted by atomic mass is 35.5. The normalized spacial score (nSPS) is 16.4. The maximum Gasteiger partial charge on any atom is 0.250 e. The minimum absolute atomic E-state index is 0.0808. The van der Waals surface area contributed by atoms with E-state index < -0.39 is 0 Å². The number of nitrogens with one attached hydrogen (secondary N) is 1. The SMILES string of the molecule is Cc1c(CN2CCC(c3ccn(C)c(=O)c3)CC2)[nH]c2ccc(Cl)cc12. The molecule has 26 heavy (non-hydrogen) atoms. The molecular formula is C21H24ClN3O. The zero-order valence-electron chi connectivity index (χ0n) is 15.3. The number of pyridine rings is 1. The molecule has 1 aliphatic heterocycles. The summed E-state index contributed by atoms with van der Waals surface area (Å²) in [6.07, 6.45) is 4.07. The van der Waals surface area contributed by atoms with Crippen molar-refractivity contribution in [3.63, 3.8) is 0 Å². The number of halogens is 1. The van der Waals surface area contributed by atoms with Gasteiger partial charge in [0.05, 0.1) is 0 Å². The summed E-state index contributed by atoms with van der Waals surface area (Å²) in [7, 11) is 1.80. The molecule has 3 heterocycles. The Balaban J connectivity index is 1.45. The maximum absolute atomic E-state index is 11.9. The first-order valence-corrected chi connectivity index (χ1v) is 9.54. The molecule has 0 bridgehead atoms. The van der Waals surface area contributed by atoms with E-state index in [1.165, 1.54) is 22.2 Å². The first kappa shape index (κ1) is 17.4. The van der Waals surface area contributed by atoms with Crippen LogP contribution in [0.15, 0.2) is 41.3 Å². The first-order chi connectivity index (χ1) is 12.5. The summed E-state index contributed by atoms with van der Waals surface area (Å²) in [4.78, 5) is 17.9. The van der Waals surface area contributed by atoms with Crippen LogP contribution in [0.5, 0.6) is 0 Å². The summed E-state index contributed by atoms with van der Waals surface area (Å²) in [5.41, 5.74) is 4.98. The minimum Gasteiger partial charge on any atom is -0.357 e. The van der Waals surface area contributed by atoms with Crippen LogP contribution in [0.2, 0.25) is 5.02 Å². The van der Waals surface area contributed by atoms with Crippen molar-refractivity contribution in [1.29, 1.82) is 0 Å². The predicted molar refractivity (Wildman–Crippen MR) is 107 cm³/mol. The van der Waals surface area contributed by atoms with Crippen molar-refractivity contribution < 1.29 is 0 Å². The average Bonchev–Trinajstić information content (AvgIpc) is 2.94. The zero-order chi connectivity index (χ0) is 18.3. The Morgan fingerprint density at radius 3 is 2.69 bits per heavy atom. The molecule has 0 unspecified atom stereocenters. The molecule has 0 amide bonds. The van der Waals surface area contributed by atoms with Crippen LogP contribution in [-0.2, 0) is 13.6 Å². The van der Waals surface area contributed by atoms with Crippen LogP contribution in [-0.4, -0.2) is 27.5 Å². The van der Waals surface area contributed by atoms with E-state index in [2.05, 4.69) is 28.9 Å². The lowest BCUT2D eigenvalue weighted by molar-refractivity contribution is 0.202. The molecule has 0 aliphatic carbocycles. The molecule has 1 saturated heterocycles. The monoisotopic (exact) mass is 369 g/mol. The largest absolute Gasteiger partial charge is 0.357 e. The van der Waals surface area contributed by atoms with Gasteiger partial charge in [0.15, 0.2) is 0 Å². The van der Waals surface area contributed by atoms with E-state index in [1.807, 2.05) is 18.3 Å². The number of piperidine rings is 1. The number of benzene rings is 1. The molecule has 1 aliphatic rings. The molecule has 1 fully saturated rings. The van der Waals surface area contributed by atoms with Crippen LogP contribution >= 0.6 is 11.6 Å². The molecule has 1 N–H and O–H groups in total. The summed E-state index contributed by atoms with van der Waals surface area (Å²) < 4.78 is 1.63. The lowest BCUT2D eigenvalue weighted by Crippen LogP contribution is -2.33. The smallest absolute Gasteiger partial charge is 0.250 e. The van der Waals surface area contributed by atoms with Gasteiger partial charge in [-0.05, 0) is 74.2 Å². The van der Waals surface area contributed by atoms with Gasteiger partial charge in [-0.1, -0.05) is 11.6 Å². The third-order valence-electron chi connectivity index (χ3n) is 5.69. The molecule has 3 aromatic rings. The van der Waals surface area contributed by atoms with E-state index >= 15 is 0 Å². The molecule has 136 valence electrons. The van der Waals surface area contributed by atoms with Crippen LogP contribution in [0.25, 0.3) is 10.9 Å². The van der Waals surface area contributed by atoms with Gasteiger partial charge in [0.25, 0.3) is 5.56 Å². The summed E-state index contributed by atoms with van der Waals surface area (Å²) in [5.74, 6) is 0.489. The first-order valence-electron chi connectivity index (χ1n) is 9.17. The van der Waals surface area contributed by atoms with E-state index in [9.17, 15) is 4.79 Å². The molecule has 0 atom stereocenters. The van der Waals surface area contributed by atoms with Gasteiger partial charge < -0.3 is 9.55 Å². The predicted octanol–water partition coefficient (Wildman–Crippen LogP) is 4.21. The van der Waals surface area contributed by atoms with E-state index in [4.69, 9.17) is 11.6 Å². The van der Waals surface area contributed by atoms with Gasteiger partial charge >= 0.3 is 0 Å². The van der Waals surface area contributed by atoms with Gasteiger partial charge in [0, 0.05) is 47.5 Å². The number of fused-ring (bicyclic) bond motifs is 1. The number of likely N-dealkylation sites (tertiary alicyclic amines) is 1. The molecule has 4 nitrogen and oxygen atoms in total. The van der Waals surface area contributed by atoms with Gasteiger partial charge in [-0.3, -0.25) is 9.69 Å². The third kappa shape index (κ3) is 3.31. The van der Waals surface area contributed by atoms with Crippen LogP contribution in [0.3, 0.4) is 0 Å². The Morgan fingerprint density at radius 1 is 1.19 bits per heavy atom. The fraction of sp³-hybridized carbons (Fsp3) is 0.381. The summed E-state index contributed by atoms with van der Waals surface area (Å²) in [6.45, 7) is 5.20. The average molecular weight is 370 g/mol. The molecule has 0 radical (unpaired) electrons. The number of aromatic amines is 1. The van der Waals surface area contributed by atoms with Crippen LogP contribution in [0.1, 0.15) is 35.6 Å². The van der Waals surface area contributed by atoms with Crippen molar-refractivity contribution in [2.75, 3.05) is 13.1 Å². The minimum atomic E-state index is 0.0808. The second kappa shape index (κ2) is 6.93. The Kier molecular flexibility index (Phi) is 4.63. The molecular weight excluding hydrogens is 346 g/mol. The van der Waals surface area contributed by atoms with Gasteiger partial charge in [0.1, 0.15) is 0 Å². The lowest BCUT2D eigenvalue weighted by Gasteiger charge is -2.32. The molecule has 0 spiro atoms. The topological polar surface area (TPSA) is 41.0 Å². The third-order valence-corrected chi connectivity index (χ3v) is 5.93. The summed E-state index contributed by atoms with van der Waals surface area (Å²) in [6, 6.07) is 9.91. The number of aryl methyl sites for hydroxylation is 2. The fourth-order valence-corrected chi connectivity index (χ4v) is 4.15. The number of nitrogens with zero attached hydrogens (tertiary/aromatic N) is 2. The Hall–Kier alpha value is -2.04. The van der Waals surface area contributed by atoms with Crippen molar-refractivity contribution >= 4 is 22.5 Å². The molecule has 0 saturated carbocycles.